The summed E-state index contributed by atoms with van der Waals surface area (Å²) in [4.78, 5) is 15.9. The predicted molar refractivity (Wildman–Crippen MR) is 90.3 cm³/mol. The maximum atomic E-state index is 11.8. The number of para-hydroxylation sites is 1. The highest BCUT2D eigenvalue weighted by atomic mass is 16.5. The molecule has 122 valence electrons. The number of methoxy groups -OCH3 is 1. The lowest BCUT2D eigenvalue weighted by Gasteiger charge is -2.09. The lowest BCUT2D eigenvalue weighted by atomic mass is 10.1. The molecule has 1 aromatic carbocycles. The van der Waals surface area contributed by atoms with E-state index < -0.39 is 0 Å². The van der Waals surface area contributed by atoms with Crippen LogP contribution in [0.15, 0.2) is 48.8 Å². The van der Waals surface area contributed by atoms with Crippen molar-refractivity contribution in [2.75, 3.05) is 20.2 Å². The Morgan fingerprint density at radius 3 is 2.83 bits per heavy atom. The maximum absolute atomic E-state index is 11.8. The Balaban J connectivity index is 1.60. The Morgan fingerprint density at radius 1 is 1.17 bits per heavy atom. The molecule has 5 heteroatoms. The van der Waals surface area contributed by atoms with E-state index in [4.69, 9.17) is 4.74 Å². The molecule has 0 aliphatic carbocycles. The molecule has 0 radical (unpaired) electrons. The number of nitrogens with one attached hydrogen (secondary N) is 2. The van der Waals surface area contributed by atoms with Gasteiger partial charge in [0.2, 0.25) is 5.91 Å². The lowest BCUT2D eigenvalue weighted by molar-refractivity contribution is -0.120. The molecule has 2 N–H and O–H groups in total. The molecule has 0 bridgehead atoms. The van der Waals surface area contributed by atoms with Gasteiger partial charge in [0.15, 0.2) is 0 Å². The van der Waals surface area contributed by atoms with E-state index in [-0.39, 0.29) is 5.91 Å². The minimum Gasteiger partial charge on any atom is -0.496 e. The number of hydrogen-bond donors (Lipinski definition) is 2. The van der Waals surface area contributed by atoms with E-state index in [1.54, 1.807) is 13.3 Å². The summed E-state index contributed by atoms with van der Waals surface area (Å²) >= 11 is 0. The molecule has 1 heterocycles. The van der Waals surface area contributed by atoms with Crippen LogP contribution in [-0.2, 0) is 17.8 Å². The summed E-state index contributed by atoms with van der Waals surface area (Å²) in [5.74, 6) is 0.915. The van der Waals surface area contributed by atoms with Crippen molar-refractivity contribution in [3.8, 4) is 5.75 Å². The Morgan fingerprint density at radius 2 is 2.04 bits per heavy atom. The van der Waals surface area contributed by atoms with E-state index in [9.17, 15) is 4.79 Å². The Bertz CT molecular complexity index is 602. The van der Waals surface area contributed by atoms with Gasteiger partial charge in [-0.2, -0.15) is 0 Å². The maximum Gasteiger partial charge on any atom is 0.221 e. The summed E-state index contributed by atoms with van der Waals surface area (Å²) in [6.07, 6.45) is 4.80. The van der Waals surface area contributed by atoms with Crippen molar-refractivity contribution >= 4 is 5.91 Å². The van der Waals surface area contributed by atoms with Crippen LogP contribution >= 0.6 is 0 Å². The van der Waals surface area contributed by atoms with Gasteiger partial charge in [0.05, 0.1) is 7.11 Å². The summed E-state index contributed by atoms with van der Waals surface area (Å²) in [7, 11) is 1.66. The zero-order valence-corrected chi connectivity index (χ0v) is 13.4. The van der Waals surface area contributed by atoms with Crippen LogP contribution in [0, 0.1) is 0 Å². The summed E-state index contributed by atoms with van der Waals surface area (Å²) in [5.41, 5.74) is 2.22. The van der Waals surface area contributed by atoms with Gasteiger partial charge in [-0.15, -0.1) is 0 Å². The Hall–Kier alpha value is -2.40. The molecule has 1 amide bonds. The molecule has 0 fully saturated rings. The van der Waals surface area contributed by atoms with Crippen LogP contribution in [0.1, 0.15) is 17.5 Å². The lowest BCUT2D eigenvalue weighted by Crippen LogP contribution is -2.29. The SMILES string of the molecule is COc1ccccc1CCNC(=O)CCNCc1cccnc1. The molecule has 23 heavy (non-hydrogen) atoms. The number of aromatic nitrogens is 1. The van der Waals surface area contributed by atoms with Gasteiger partial charge in [-0.05, 0) is 29.7 Å². The van der Waals surface area contributed by atoms with E-state index >= 15 is 0 Å². The average molecular weight is 313 g/mol. The molecule has 0 saturated heterocycles. The van der Waals surface area contributed by atoms with Gasteiger partial charge in [0.1, 0.15) is 5.75 Å². The van der Waals surface area contributed by atoms with Crippen LogP contribution in [0.4, 0.5) is 0 Å². The molecular weight excluding hydrogens is 290 g/mol. The smallest absolute Gasteiger partial charge is 0.221 e. The summed E-state index contributed by atoms with van der Waals surface area (Å²) < 4.78 is 5.30. The summed E-state index contributed by atoms with van der Waals surface area (Å²) in [6, 6.07) is 11.8. The first kappa shape index (κ1) is 17.0. The first-order valence-corrected chi connectivity index (χ1v) is 7.78. The van der Waals surface area contributed by atoms with Crippen molar-refractivity contribution in [3.63, 3.8) is 0 Å². The molecular formula is C18H23N3O2. The summed E-state index contributed by atoms with van der Waals surface area (Å²) in [5, 5.41) is 6.17. The summed E-state index contributed by atoms with van der Waals surface area (Å²) in [6.45, 7) is 1.99. The fraction of sp³-hybridized carbons (Fsp3) is 0.333. The molecule has 1 aromatic heterocycles. The van der Waals surface area contributed by atoms with Crippen LogP contribution < -0.4 is 15.4 Å². The molecule has 5 nitrogen and oxygen atoms in total. The van der Waals surface area contributed by atoms with E-state index in [0.29, 0.717) is 19.5 Å². The van der Waals surface area contributed by atoms with Gasteiger partial charge in [-0.3, -0.25) is 9.78 Å². The molecule has 0 aliphatic rings. The standard InChI is InChI=1S/C18H23N3O2/c1-23-17-7-3-2-6-16(17)8-12-21-18(22)9-11-20-14-15-5-4-10-19-13-15/h2-7,10,13,20H,8-9,11-12,14H2,1H3,(H,21,22). The number of ether oxygens (including phenoxy) is 1. The van der Waals surface area contributed by atoms with Crippen molar-refractivity contribution in [2.45, 2.75) is 19.4 Å². The zero-order chi connectivity index (χ0) is 16.3. The number of carbonyl (C=O) groups excluding carboxylic acids is 1. The number of rotatable bonds is 9. The highest BCUT2D eigenvalue weighted by molar-refractivity contribution is 5.76. The minimum absolute atomic E-state index is 0.0542. The normalized spacial score (nSPS) is 10.3. The number of nitrogens with zero attached hydrogens (tertiary/aromatic N) is 1. The zero-order valence-electron chi connectivity index (χ0n) is 13.4. The van der Waals surface area contributed by atoms with Gasteiger partial charge in [0, 0.05) is 38.4 Å². The second-order valence-corrected chi connectivity index (χ2v) is 5.20. The van der Waals surface area contributed by atoms with Crippen molar-refractivity contribution in [3.05, 3.63) is 59.9 Å². The third-order valence-corrected chi connectivity index (χ3v) is 3.49. The highest BCUT2D eigenvalue weighted by Crippen LogP contribution is 2.17. The van der Waals surface area contributed by atoms with Crippen molar-refractivity contribution < 1.29 is 9.53 Å². The van der Waals surface area contributed by atoms with Gasteiger partial charge in [0.25, 0.3) is 0 Å². The number of amides is 1. The number of hydrogen-bond acceptors (Lipinski definition) is 4. The van der Waals surface area contributed by atoms with Crippen LogP contribution in [0.3, 0.4) is 0 Å². The third-order valence-electron chi connectivity index (χ3n) is 3.49. The number of benzene rings is 1. The molecule has 2 aromatic rings. The van der Waals surface area contributed by atoms with E-state index in [1.807, 2.05) is 42.6 Å². The van der Waals surface area contributed by atoms with Crippen molar-refractivity contribution in [1.82, 2.24) is 15.6 Å². The second-order valence-electron chi connectivity index (χ2n) is 5.20. The van der Waals surface area contributed by atoms with Crippen LogP contribution in [-0.4, -0.2) is 31.1 Å². The van der Waals surface area contributed by atoms with Gasteiger partial charge < -0.3 is 15.4 Å². The monoisotopic (exact) mass is 313 g/mol. The van der Waals surface area contributed by atoms with E-state index in [2.05, 4.69) is 15.6 Å². The van der Waals surface area contributed by atoms with E-state index in [0.717, 1.165) is 29.8 Å². The van der Waals surface area contributed by atoms with Gasteiger partial charge in [-0.1, -0.05) is 24.3 Å². The van der Waals surface area contributed by atoms with Crippen molar-refractivity contribution in [2.24, 2.45) is 0 Å². The minimum atomic E-state index is 0.0542. The molecule has 2 rings (SSSR count). The largest absolute Gasteiger partial charge is 0.496 e. The first-order valence-electron chi connectivity index (χ1n) is 7.78. The molecule has 0 spiro atoms. The molecule has 0 unspecified atom stereocenters. The fourth-order valence-electron chi connectivity index (χ4n) is 2.27. The second kappa shape index (κ2) is 9.58. The third kappa shape index (κ3) is 6.08. The van der Waals surface area contributed by atoms with Gasteiger partial charge in [-0.25, -0.2) is 0 Å². The number of carbonyl (C=O) groups is 1. The predicted octanol–water partition coefficient (Wildman–Crippen LogP) is 1.93. The van der Waals surface area contributed by atoms with Gasteiger partial charge >= 0.3 is 0 Å². The van der Waals surface area contributed by atoms with Crippen LogP contribution in [0.2, 0.25) is 0 Å². The quantitative estimate of drug-likeness (QED) is 0.694. The van der Waals surface area contributed by atoms with Crippen molar-refractivity contribution in [1.29, 1.82) is 0 Å². The topological polar surface area (TPSA) is 63.2 Å². The van der Waals surface area contributed by atoms with Crippen LogP contribution in [0.5, 0.6) is 5.75 Å². The average Bonchev–Trinajstić information content (AvgIpc) is 2.60. The molecule has 0 saturated carbocycles. The van der Waals surface area contributed by atoms with Crippen LogP contribution in [0.25, 0.3) is 0 Å². The van der Waals surface area contributed by atoms with E-state index in [1.165, 1.54) is 0 Å². The Kier molecular flexibility index (Phi) is 7.07. The number of pyridine rings is 1. The Labute approximate surface area is 137 Å². The molecule has 0 atom stereocenters. The fourth-order valence-corrected chi connectivity index (χ4v) is 2.27. The first-order chi connectivity index (χ1) is 11.3. The molecule has 0 aliphatic heterocycles. The highest BCUT2D eigenvalue weighted by Gasteiger charge is 2.04.